The lowest BCUT2D eigenvalue weighted by atomic mass is 10.1. The Kier molecular flexibility index (Phi) is 6.14. The van der Waals surface area contributed by atoms with Gasteiger partial charge in [0, 0.05) is 13.2 Å². The predicted molar refractivity (Wildman–Crippen MR) is 115 cm³/mol. The van der Waals surface area contributed by atoms with Gasteiger partial charge in [-0.05, 0) is 35.0 Å². The quantitative estimate of drug-likeness (QED) is 0.310. The van der Waals surface area contributed by atoms with E-state index in [-0.39, 0.29) is 24.4 Å². The lowest BCUT2D eigenvalue weighted by Gasteiger charge is -2.09. The van der Waals surface area contributed by atoms with Crippen LogP contribution in [0.15, 0.2) is 76.1 Å². The van der Waals surface area contributed by atoms with Crippen molar-refractivity contribution in [1.82, 2.24) is 0 Å². The van der Waals surface area contributed by atoms with E-state index in [0.29, 0.717) is 29.1 Å². The van der Waals surface area contributed by atoms with Crippen molar-refractivity contribution in [1.29, 1.82) is 0 Å². The largest absolute Gasteiger partial charge is 0.482 e. The lowest BCUT2D eigenvalue weighted by molar-refractivity contribution is -0.147. The maximum Gasteiger partial charge on any atom is 0.344 e. The minimum absolute atomic E-state index is 0.0816. The minimum atomic E-state index is -0.516. The molecule has 0 atom stereocenters. The van der Waals surface area contributed by atoms with E-state index in [0.717, 1.165) is 10.8 Å². The Bertz CT molecular complexity index is 1280. The summed E-state index contributed by atoms with van der Waals surface area (Å²) in [6, 6.07) is 18.2. The number of carbonyl (C=O) groups is 1. The first kappa shape index (κ1) is 20.4. The molecular weight excluding hydrogens is 400 g/mol. The van der Waals surface area contributed by atoms with Crippen LogP contribution in [0.25, 0.3) is 21.7 Å². The third-order valence-corrected chi connectivity index (χ3v) is 4.57. The Morgan fingerprint density at radius 3 is 2.58 bits per heavy atom. The number of methoxy groups -OCH3 is 1. The van der Waals surface area contributed by atoms with E-state index in [2.05, 4.69) is 0 Å². The molecule has 31 heavy (non-hydrogen) atoms. The molecule has 0 radical (unpaired) electrons. The predicted octanol–water partition coefficient (Wildman–Crippen LogP) is 4.31. The average Bonchev–Trinajstić information content (AvgIpc) is 2.79. The Balaban J connectivity index is 1.49. The molecule has 0 aliphatic heterocycles. The van der Waals surface area contributed by atoms with Gasteiger partial charge < -0.3 is 23.4 Å². The Morgan fingerprint density at radius 1 is 0.935 bits per heavy atom. The molecule has 3 aromatic carbocycles. The van der Waals surface area contributed by atoms with Gasteiger partial charge in [-0.1, -0.05) is 30.3 Å². The highest BCUT2D eigenvalue weighted by Crippen LogP contribution is 2.26. The van der Waals surface area contributed by atoms with Gasteiger partial charge in [-0.25, -0.2) is 4.79 Å². The summed E-state index contributed by atoms with van der Waals surface area (Å²) in [7, 11) is 1.52. The van der Waals surface area contributed by atoms with Crippen molar-refractivity contribution in [2.45, 2.75) is 0 Å². The van der Waals surface area contributed by atoms with Gasteiger partial charge in [-0.15, -0.1) is 0 Å². The molecule has 0 aliphatic carbocycles. The van der Waals surface area contributed by atoms with Crippen LogP contribution in [0, 0.1) is 0 Å². The maximum absolute atomic E-state index is 12.8. The third-order valence-electron chi connectivity index (χ3n) is 4.57. The van der Waals surface area contributed by atoms with Crippen molar-refractivity contribution in [2.75, 3.05) is 26.9 Å². The fourth-order valence-electron chi connectivity index (χ4n) is 3.03. The van der Waals surface area contributed by atoms with E-state index in [9.17, 15) is 9.59 Å². The summed E-state index contributed by atoms with van der Waals surface area (Å²) < 4.78 is 26.5. The van der Waals surface area contributed by atoms with E-state index in [1.807, 2.05) is 36.4 Å². The van der Waals surface area contributed by atoms with E-state index in [4.69, 9.17) is 23.4 Å². The average molecular weight is 420 g/mol. The number of benzene rings is 3. The summed E-state index contributed by atoms with van der Waals surface area (Å²) in [5.41, 5.74) is 0.0149. The molecular formula is C24H20O7. The van der Waals surface area contributed by atoms with E-state index < -0.39 is 5.97 Å². The van der Waals surface area contributed by atoms with Gasteiger partial charge in [-0.3, -0.25) is 4.79 Å². The standard InChI is InChI=1S/C24H20O7/c1-27-10-11-28-23(25)15-29-18-8-9-20-21(13-18)30-14-22(24(20)26)31-19-7-6-16-4-2-3-5-17(16)12-19/h2-9,12-14H,10-11,15H2,1H3. The number of hydrogen-bond acceptors (Lipinski definition) is 7. The van der Waals surface area contributed by atoms with E-state index in [1.165, 1.54) is 13.4 Å². The fraction of sp³-hybridized carbons (Fsp3) is 0.167. The summed E-state index contributed by atoms with van der Waals surface area (Å²) >= 11 is 0. The summed E-state index contributed by atoms with van der Waals surface area (Å²) in [5, 5.41) is 2.43. The van der Waals surface area contributed by atoms with Gasteiger partial charge in [0.05, 0.1) is 12.0 Å². The first-order valence-electron chi connectivity index (χ1n) is 9.63. The number of rotatable bonds is 8. The molecule has 0 fully saturated rings. The minimum Gasteiger partial charge on any atom is -0.482 e. The second-order valence-corrected chi connectivity index (χ2v) is 6.70. The number of carbonyl (C=O) groups excluding carboxylic acids is 1. The molecule has 7 nitrogen and oxygen atoms in total. The zero-order valence-electron chi connectivity index (χ0n) is 16.8. The molecule has 0 amide bonds. The third kappa shape index (κ3) is 4.84. The molecule has 0 saturated carbocycles. The number of esters is 1. The van der Waals surface area contributed by atoms with Crippen LogP contribution in [0.5, 0.6) is 17.2 Å². The Hall–Kier alpha value is -3.84. The first-order chi connectivity index (χ1) is 15.1. The molecule has 4 aromatic rings. The van der Waals surface area contributed by atoms with Gasteiger partial charge in [0.15, 0.2) is 6.61 Å². The highest BCUT2D eigenvalue weighted by atomic mass is 16.6. The smallest absolute Gasteiger partial charge is 0.344 e. The van der Waals surface area contributed by atoms with Crippen LogP contribution in [-0.2, 0) is 14.3 Å². The van der Waals surface area contributed by atoms with Crippen LogP contribution in [-0.4, -0.2) is 32.9 Å². The highest BCUT2D eigenvalue weighted by molar-refractivity contribution is 5.84. The number of fused-ring (bicyclic) bond motifs is 2. The van der Waals surface area contributed by atoms with E-state index >= 15 is 0 Å². The van der Waals surface area contributed by atoms with Gasteiger partial charge in [0.25, 0.3) is 0 Å². The molecule has 0 unspecified atom stereocenters. The summed E-state index contributed by atoms with van der Waals surface area (Å²) in [5.74, 6) is 0.482. The van der Waals surface area contributed by atoms with Crippen LogP contribution >= 0.6 is 0 Å². The topological polar surface area (TPSA) is 84.2 Å². The van der Waals surface area contributed by atoms with Crippen LogP contribution in [0.1, 0.15) is 0 Å². The molecule has 1 aromatic heterocycles. The van der Waals surface area contributed by atoms with Gasteiger partial charge in [-0.2, -0.15) is 0 Å². The van der Waals surface area contributed by atoms with Crippen LogP contribution < -0.4 is 14.9 Å². The molecule has 0 bridgehead atoms. The Labute approximate surface area is 177 Å². The normalized spacial score (nSPS) is 10.9. The fourth-order valence-corrected chi connectivity index (χ4v) is 3.03. The van der Waals surface area contributed by atoms with Crippen molar-refractivity contribution < 1.29 is 28.2 Å². The van der Waals surface area contributed by atoms with Gasteiger partial charge in [0.1, 0.15) is 30.0 Å². The molecule has 0 saturated heterocycles. The van der Waals surface area contributed by atoms with Crippen LogP contribution in [0.2, 0.25) is 0 Å². The summed E-state index contributed by atoms with van der Waals surface area (Å²) in [6.07, 6.45) is 1.27. The number of hydrogen-bond donors (Lipinski definition) is 0. The zero-order valence-corrected chi connectivity index (χ0v) is 16.8. The summed E-state index contributed by atoms with van der Waals surface area (Å²) in [6.45, 7) is 0.213. The molecule has 4 rings (SSSR count). The molecule has 7 heteroatoms. The van der Waals surface area contributed by atoms with Crippen molar-refractivity contribution >= 4 is 27.7 Å². The second-order valence-electron chi connectivity index (χ2n) is 6.70. The van der Waals surface area contributed by atoms with Crippen molar-refractivity contribution in [2.24, 2.45) is 0 Å². The molecule has 1 heterocycles. The lowest BCUT2D eigenvalue weighted by Crippen LogP contribution is -2.17. The molecule has 0 spiro atoms. The van der Waals surface area contributed by atoms with E-state index in [1.54, 1.807) is 24.3 Å². The number of ether oxygens (including phenoxy) is 4. The van der Waals surface area contributed by atoms with Crippen molar-refractivity contribution in [3.63, 3.8) is 0 Å². The van der Waals surface area contributed by atoms with Crippen LogP contribution in [0.4, 0.5) is 0 Å². The van der Waals surface area contributed by atoms with Crippen LogP contribution in [0.3, 0.4) is 0 Å². The van der Waals surface area contributed by atoms with Crippen molar-refractivity contribution in [3.05, 3.63) is 77.2 Å². The second kappa shape index (κ2) is 9.32. The van der Waals surface area contributed by atoms with Gasteiger partial charge >= 0.3 is 5.97 Å². The SMILES string of the molecule is COCCOC(=O)COc1ccc2c(=O)c(Oc3ccc4ccccc4c3)coc2c1. The highest BCUT2D eigenvalue weighted by Gasteiger charge is 2.12. The molecule has 158 valence electrons. The zero-order chi connectivity index (χ0) is 21.6. The first-order valence-corrected chi connectivity index (χ1v) is 9.63. The summed E-state index contributed by atoms with van der Waals surface area (Å²) in [4.78, 5) is 24.4. The molecule has 0 aliphatic rings. The Morgan fingerprint density at radius 2 is 1.74 bits per heavy atom. The van der Waals surface area contributed by atoms with Gasteiger partial charge in [0.2, 0.25) is 11.2 Å². The molecule has 0 N–H and O–H groups in total. The monoisotopic (exact) mass is 420 g/mol. The maximum atomic E-state index is 12.8. The van der Waals surface area contributed by atoms with Crippen molar-refractivity contribution in [3.8, 4) is 17.2 Å².